The fourth-order valence-electron chi connectivity index (χ4n) is 2.93. The molecule has 0 radical (unpaired) electrons. The number of rotatable bonds is 5. The second-order valence-corrected chi connectivity index (χ2v) is 5.93. The zero-order valence-corrected chi connectivity index (χ0v) is 13.0. The summed E-state index contributed by atoms with van der Waals surface area (Å²) in [5.74, 6) is -1.14. The summed E-state index contributed by atoms with van der Waals surface area (Å²) >= 11 is 0. The number of hydrogen-bond acceptors (Lipinski definition) is 2. The number of benzene rings is 2. The molecule has 1 fully saturated rings. The largest absolute Gasteiger partial charge is 0.311 e. The Bertz CT molecular complexity index is 765. The van der Waals surface area contributed by atoms with Crippen LogP contribution in [-0.2, 0) is 4.79 Å². The van der Waals surface area contributed by atoms with Crippen LogP contribution in [-0.4, -0.2) is 12.5 Å². The van der Waals surface area contributed by atoms with Gasteiger partial charge in [0, 0.05) is 12.2 Å². The predicted octanol–water partition coefficient (Wildman–Crippen LogP) is 4.02. The van der Waals surface area contributed by atoms with Crippen molar-refractivity contribution in [1.82, 2.24) is 0 Å². The van der Waals surface area contributed by atoms with E-state index in [1.54, 1.807) is 29.2 Å². The van der Waals surface area contributed by atoms with Crippen LogP contribution >= 0.6 is 0 Å². The van der Waals surface area contributed by atoms with Crippen molar-refractivity contribution >= 4 is 11.6 Å². The van der Waals surface area contributed by atoms with Gasteiger partial charge in [0.1, 0.15) is 11.6 Å². The summed E-state index contributed by atoms with van der Waals surface area (Å²) in [6.07, 6.45) is 1.15. The van der Waals surface area contributed by atoms with Gasteiger partial charge in [-0.3, -0.25) is 4.79 Å². The fraction of sp³-hybridized carbons (Fsp3) is 0.263. The van der Waals surface area contributed by atoms with Crippen molar-refractivity contribution in [2.45, 2.75) is 18.8 Å². The highest BCUT2D eigenvalue weighted by Crippen LogP contribution is 2.31. The highest BCUT2D eigenvalue weighted by Gasteiger charge is 2.37. The van der Waals surface area contributed by atoms with Crippen molar-refractivity contribution < 1.29 is 13.6 Å². The zero-order valence-electron chi connectivity index (χ0n) is 13.0. The average molecular weight is 326 g/mol. The Balaban J connectivity index is 1.56. The molecule has 1 heterocycles. The summed E-state index contributed by atoms with van der Waals surface area (Å²) in [4.78, 5) is 13.8. The summed E-state index contributed by atoms with van der Waals surface area (Å²) in [7, 11) is 0. The highest BCUT2D eigenvalue weighted by molar-refractivity contribution is 6.01. The Kier molecular flexibility index (Phi) is 4.57. The molecular formula is C19H16F2N2O. The van der Waals surface area contributed by atoms with Crippen molar-refractivity contribution in [3.8, 4) is 6.07 Å². The second-order valence-electron chi connectivity index (χ2n) is 5.93. The third-order valence-corrected chi connectivity index (χ3v) is 4.39. The normalized spacial score (nSPS) is 18.0. The van der Waals surface area contributed by atoms with Crippen molar-refractivity contribution in [3.63, 3.8) is 0 Å². The molecule has 3 rings (SSSR count). The molecule has 0 bridgehead atoms. The Labute approximate surface area is 139 Å². The Morgan fingerprint density at radius 3 is 2.21 bits per heavy atom. The van der Waals surface area contributed by atoms with Crippen LogP contribution in [0.4, 0.5) is 14.5 Å². The van der Waals surface area contributed by atoms with Gasteiger partial charge in [0.2, 0.25) is 5.91 Å². The lowest BCUT2D eigenvalue weighted by atomic mass is 9.87. The van der Waals surface area contributed by atoms with Gasteiger partial charge in [0.15, 0.2) is 0 Å². The summed E-state index contributed by atoms with van der Waals surface area (Å²) < 4.78 is 25.9. The molecule has 5 heteroatoms. The lowest BCUT2D eigenvalue weighted by Crippen LogP contribution is -2.52. The first-order valence-corrected chi connectivity index (χ1v) is 7.80. The first-order valence-electron chi connectivity index (χ1n) is 7.80. The minimum absolute atomic E-state index is 0.00240. The van der Waals surface area contributed by atoms with Crippen LogP contribution in [0.5, 0.6) is 0 Å². The Morgan fingerprint density at radius 2 is 1.67 bits per heavy atom. The van der Waals surface area contributed by atoms with E-state index in [1.807, 2.05) is 0 Å². The molecule has 1 aliphatic heterocycles. The number of β-lactam (4-membered cyclic amide) rings is 1. The number of amides is 1. The number of hydrogen-bond donors (Lipinski definition) is 0. The van der Waals surface area contributed by atoms with E-state index < -0.39 is 0 Å². The minimum atomic E-state index is -0.349. The molecule has 0 aliphatic carbocycles. The number of nitrogens with zero attached hydrogens (tertiary/aromatic N) is 2. The number of anilines is 1. The lowest BCUT2D eigenvalue weighted by Gasteiger charge is -2.38. The summed E-state index contributed by atoms with van der Waals surface area (Å²) in [5.41, 5.74) is 1.45. The van der Waals surface area contributed by atoms with Gasteiger partial charge in [-0.25, -0.2) is 8.78 Å². The average Bonchev–Trinajstić information content (AvgIpc) is 2.59. The van der Waals surface area contributed by atoms with Gasteiger partial charge in [-0.05, 0) is 54.8 Å². The molecule has 122 valence electrons. The predicted molar refractivity (Wildman–Crippen MR) is 86.2 cm³/mol. The van der Waals surface area contributed by atoms with E-state index in [1.165, 1.54) is 24.3 Å². The van der Waals surface area contributed by atoms with Crippen LogP contribution in [0.3, 0.4) is 0 Å². The fourth-order valence-corrected chi connectivity index (χ4v) is 2.93. The van der Waals surface area contributed by atoms with Crippen molar-refractivity contribution in [1.29, 1.82) is 5.26 Å². The smallest absolute Gasteiger partial charge is 0.231 e. The van der Waals surface area contributed by atoms with Gasteiger partial charge < -0.3 is 4.90 Å². The minimum Gasteiger partial charge on any atom is -0.311 e. The molecule has 2 unspecified atom stereocenters. The van der Waals surface area contributed by atoms with Gasteiger partial charge >= 0.3 is 0 Å². The van der Waals surface area contributed by atoms with Gasteiger partial charge in [-0.2, -0.15) is 5.26 Å². The van der Waals surface area contributed by atoms with E-state index in [9.17, 15) is 18.8 Å². The molecule has 1 amide bonds. The summed E-state index contributed by atoms with van der Waals surface area (Å²) in [6.45, 7) is 0.575. The van der Waals surface area contributed by atoms with Gasteiger partial charge in [0.05, 0.1) is 17.9 Å². The zero-order chi connectivity index (χ0) is 17.1. The quantitative estimate of drug-likeness (QED) is 0.779. The van der Waals surface area contributed by atoms with Gasteiger partial charge in [-0.15, -0.1) is 0 Å². The van der Waals surface area contributed by atoms with E-state index in [4.69, 9.17) is 0 Å². The molecule has 0 N–H and O–H groups in total. The molecule has 0 aromatic heterocycles. The highest BCUT2D eigenvalue weighted by atomic mass is 19.1. The van der Waals surface area contributed by atoms with Gasteiger partial charge in [0.25, 0.3) is 0 Å². The summed E-state index contributed by atoms with van der Waals surface area (Å²) in [6, 6.07) is 13.9. The lowest BCUT2D eigenvalue weighted by molar-refractivity contribution is -0.127. The van der Waals surface area contributed by atoms with E-state index in [-0.39, 0.29) is 29.4 Å². The number of nitriles is 1. The second kappa shape index (κ2) is 6.79. The topological polar surface area (TPSA) is 44.1 Å². The molecule has 0 spiro atoms. The maximum atomic E-state index is 13.0. The van der Waals surface area contributed by atoms with Crippen LogP contribution in [0.1, 0.15) is 24.3 Å². The number of carbonyl (C=O) groups is 1. The van der Waals surface area contributed by atoms with E-state index in [0.29, 0.717) is 25.1 Å². The molecule has 24 heavy (non-hydrogen) atoms. The first-order chi connectivity index (χ1) is 11.6. The molecule has 3 nitrogen and oxygen atoms in total. The van der Waals surface area contributed by atoms with E-state index >= 15 is 0 Å². The van der Waals surface area contributed by atoms with Crippen LogP contribution in [0.2, 0.25) is 0 Å². The number of halogens is 2. The molecule has 2 aromatic rings. The Morgan fingerprint density at radius 1 is 1.08 bits per heavy atom. The molecular weight excluding hydrogens is 310 g/mol. The van der Waals surface area contributed by atoms with Crippen molar-refractivity contribution in [2.24, 2.45) is 5.92 Å². The number of carbonyl (C=O) groups excluding carboxylic acids is 1. The van der Waals surface area contributed by atoms with Gasteiger partial charge in [-0.1, -0.05) is 12.1 Å². The molecule has 1 saturated heterocycles. The van der Waals surface area contributed by atoms with Crippen LogP contribution in [0.15, 0.2) is 48.5 Å². The van der Waals surface area contributed by atoms with Crippen molar-refractivity contribution in [3.05, 3.63) is 65.7 Å². The van der Waals surface area contributed by atoms with E-state index in [0.717, 1.165) is 5.56 Å². The first kappa shape index (κ1) is 16.1. The molecule has 0 saturated carbocycles. The standard InChI is InChI=1S/C19H16F2N2O/c20-16-5-3-13(4-6-16)14(11-22)1-2-15-12-23(19(15)24)18-9-7-17(21)8-10-18/h3-10,14-15H,1-2,12H2. The maximum Gasteiger partial charge on any atom is 0.231 e. The molecule has 2 aromatic carbocycles. The SMILES string of the molecule is N#CC(CCC1CN(c2ccc(F)cc2)C1=O)c1ccc(F)cc1. The molecule has 2 atom stereocenters. The maximum absolute atomic E-state index is 13.0. The molecule has 1 aliphatic rings. The van der Waals surface area contributed by atoms with Crippen LogP contribution in [0.25, 0.3) is 0 Å². The monoisotopic (exact) mass is 326 g/mol. The van der Waals surface area contributed by atoms with E-state index in [2.05, 4.69) is 6.07 Å². The third-order valence-electron chi connectivity index (χ3n) is 4.39. The van der Waals surface area contributed by atoms with Crippen molar-refractivity contribution in [2.75, 3.05) is 11.4 Å². The third kappa shape index (κ3) is 3.28. The van der Waals surface area contributed by atoms with Crippen LogP contribution in [0, 0.1) is 28.9 Å². The van der Waals surface area contributed by atoms with Crippen LogP contribution < -0.4 is 4.90 Å². The summed E-state index contributed by atoms with van der Waals surface area (Å²) in [5, 5.41) is 9.30. The Hall–Kier alpha value is -2.74.